The Balaban J connectivity index is 2.57. The molecule has 78 valence electrons. The van der Waals surface area contributed by atoms with Gasteiger partial charge in [0.25, 0.3) is 0 Å². The Morgan fingerprint density at radius 1 is 1.60 bits per heavy atom. The van der Waals surface area contributed by atoms with Gasteiger partial charge in [-0.2, -0.15) is 5.10 Å². The summed E-state index contributed by atoms with van der Waals surface area (Å²) in [5.41, 5.74) is 1.34. The Kier molecular flexibility index (Phi) is 2.73. The summed E-state index contributed by atoms with van der Waals surface area (Å²) in [6, 6.07) is 3.60. The van der Waals surface area contributed by atoms with Crippen LogP contribution in [-0.4, -0.2) is 22.8 Å². The van der Waals surface area contributed by atoms with Crippen LogP contribution in [-0.2, 0) is 4.74 Å². The van der Waals surface area contributed by atoms with Gasteiger partial charge < -0.3 is 4.74 Å². The van der Waals surface area contributed by atoms with Crippen LogP contribution in [0.1, 0.15) is 17.3 Å². The molecule has 0 aliphatic carbocycles. The van der Waals surface area contributed by atoms with Crippen LogP contribution >= 0.6 is 15.9 Å². The fraction of sp³-hybridized carbons (Fsp3) is 0.200. The molecule has 0 bridgehead atoms. The molecule has 0 radical (unpaired) electrons. The quantitative estimate of drug-likeness (QED) is 0.852. The van der Waals surface area contributed by atoms with Crippen molar-refractivity contribution in [2.24, 2.45) is 0 Å². The number of hydrogen-bond acceptors (Lipinski definition) is 3. The molecular formula is C10H9BrN2O2. The molecule has 0 aliphatic heterocycles. The number of fused-ring (bicyclic) bond motifs is 1. The van der Waals surface area contributed by atoms with Gasteiger partial charge in [-0.1, -0.05) is 15.9 Å². The summed E-state index contributed by atoms with van der Waals surface area (Å²) in [5, 5.41) is 7.48. The van der Waals surface area contributed by atoms with Crippen molar-refractivity contribution in [3.63, 3.8) is 0 Å². The van der Waals surface area contributed by atoms with Gasteiger partial charge in [0.1, 0.15) is 0 Å². The van der Waals surface area contributed by atoms with Crippen LogP contribution < -0.4 is 0 Å². The first kappa shape index (κ1) is 10.2. The van der Waals surface area contributed by atoms with Crippen LogP contribution in [0.15, 0.2) is 22.8 Å². The van der Waals surface area contributed by atoms with E-state index in [-0.39, 0.29) is 5.97 Å². The van der Waals surface area contributed by atoms with Crippen LogP contribution in [0.25, 0.3) is 10.9 Å². The minimum atomic E-state index is -0.329. The van der Waals surface area contributed by atoms with E-state index in [1.165, 1.54) is 0 Å². The van der Waals surface area contributed by atoms with Gasteiger partial charge in [-0.05, 0) is 19.1 Å². The molecule has 0 saturated heterocycles. The summed E-state index contributed by atoms with van der Waals surface area (Å²) in [7, 11) is 0. The van der Waals surface area contributed by atoms with Gasteiger partial charge in [-0.25, -0.2) is 4.79 Å². The first-order chi connectivity index (χ1) is 7.22. The zero-order valence-corrected chi connectivity index (χ0v) is 9.67. The standard InChI is InChI=1S/C10H9BrN2O2/c1-2-15-10(14)7-3-6(11)4-9-8(7)5-12-13-9/h3-5H,2H2,1H3,(H,12,13). The predicted octanol–water partition coefficient (Wildman–Crippen LogP) is 2.50. The smallest absolute Gasteiger partial charge is 0.338 e. The highest BCUT2D eigenvalue weighted by Crippen LogP contribution is 2.23. The molecule has 5 heteroatoms. The van der Waals surface area contributed by atoms with E-state index >= 15 is 0 Å². The van der Waals surface area contributed by atoms with Crippen LogP contribution in [0.4, 0.5) is 0 Å². The number of ether oxygens (including phenoxy) is 1. The summed E-state index contributed by atoms with van der Waals surface area (Å²) >= 11 is 3.33. The number of aromatic nitrogens is 2. The summed E-state index contributed by atoms with van der Waals surface area (Å²) in [5.74, 6) is -0.329. The number of halogens is 1. The highest BCUT2D eigenvalue weighted by Gasteiger charge is 2.13. The highest BCUT2D eigenvalue weighted by molar-refractivity contribution is 9.10. The second-order valence-corrected chi connectivity index (χ2v) is 3.92. The third-order valence-corrected chi connectivity index (χ3v) is 2.48. The molecule has 0 atom stereocenters. The molecule has 0 saturated carbocycles. The van der Waals surface area contributed by atoms with Gasteiger partial charge >= 0.3 is 5.97 Å². The molecule has 1 aromatic heterocycles. The van der Waals surface area contributed by atoms with Crippen LogP contribution in [0.2, 0.25) is 0 Å². The van der Waals surface area contributed by atoms with Crippen molar-refractivity contribution in [2.75, 3.05) is 6.61 Å². The minimum Gasteiger partial charge on any atom is -0.462 e. The van der Waals surface area contributed by atoms with E-state index in [1.807, 2.05) is 6.07 Å². The monoisotopic (exact) mass is 268 g/mol. The van der Waals surface area contributed by atoms with Crippen molar-refractivity contribution >= 4 is 32.8 Å². The van der Waals surface area contributed by atoms with E-state index in [4.69, 9.17) is 4.74 Å². The Morgan fingerprint density at radius 3 is 3.13 bits per heavy atom. The third kappa shape index (κ3) is 1.87. The predicted molar refractivity (Wildman–Crippen MR) is 59.8 cm³/mol. The van der Waals surface area contributed by atoms with Crippen LogP contribution in [0.3, 0.4) is 0 Å². The molecule has 1 heterocycles. The van der Waals surface area contributed by atoms with E-state index in [0.29, 0.717) is 12.2 Å². The molecular weight excluding hydrogens is 260 g/mol. The third-order valence-electron chi connectivity index (χ3n) is 2.02. The van der Waals surface area contributed by atoms with Crippen molar-refractivity contribution in [3.8, 4) is 0 Å². The molecule has 2 aromatic rings. The van der Waals surface area contributed by atoms with E-state index < -0.39 is 0 Å². The SMILES string of the molecule is CCOC(=O)c1cc(Br)cc2[nH]ncc12. The van der Waals surface area contributed by atoms with Crippen LogP contribution in [0.5, 0.6) is 0 Å². The second-order valence-electron chi connectivity index (χ2n) is 3.01. The summed E-state index contributed by atoms with van der Waals surface area (Å²) < 4.78 is 5.78. The van der Waals surface area contributed by atoms with Crippen molar-refractivity contribution < 1.29 is 9.53 Å². The van der Waals surface area contributed by atoms with Crippen LogP contribution in [0, 0.1) is 0 Å². The first-order valence-corrected chi connectivity index (χ1v) is 5.31. The number of esters is 1. The van der Waals surface area contributed by atoms with Gasteiger partial charge in [0.2, 0.25) is 0 Å². The normalized spacial score (nSPS) is 10.5. The van der Waals surface area contributed by atoms with Crippen molar-refractivity contribution in [2.45, 2.75) is 6.92 Å². The summed E-state index contributed by atoms with van der Waals surface area (Å²) in [4.78, 5) is 11.6. The van der Waals surface area contributed by atoms with Crippen molar-refractivity contribution in [1.29, 1.82) is 0 Å². The number of rotatable bonds is 2. The molecule has 1 N–H and O–H groups in total. The second kappa shape index (κ2) is 4.02. The Bertz CT molecular complexity index is 507. The number of benzene rings is 1. The molecule has 1 aromatic carbocycles. The minimum absolute atomic E-state index is 0.329. The number of aromatic amines is 1. The lowest BCUT2D eigenvalue weighted by atomic mass is 10.1. The van der Waals surface area contributed by atoms with Gasteiger partial charge in [0.05, 0.1) is 23.9 Å². The van der Waals surface area contributed by atoms with Gasteiger partial charge in [-0.15, -0.1) is 0 Å². The molecule has 0 fully saturated rings. The van der Waals surface area contributed by atoms with Gasteiger partial charge in [-0.3, -0.25) is 5.10 Å². The maximum Gasteiger partial charge on any atom is 0.338 e. The lowest BCUT2D eigenvalue weighted by Gasteiger charge is -2.03. The van der Waals surface area contributed by atoms with Crippen molar-refractivity contribution in [3.05, 3.63) is 28.4 Å². The maximum absolute atomic E-state index is 11.6. The summed E-state index contributed by atoms with van der Waals surface area (Å²) in [6.45, 7) is 2.15. The van der Waals surface area contributed by atoms with Gasteiger partial charge in [0.15, 0.2) is 0 Å². The molecule has 0 spiro atoms. The molecule has 0 unspecified atom stereocenters. The molecule has 2 rings (SSSR count). The van der Waals surface area contributed by atoms with E-state index in [2.05, 4.69) is 26.1 Å². The lowest BCUT2D eigenvalue weighted by molar-refractivity contribution is 0.0528. The van der Waals surface area contributed by atoms with Crippen molar-refractivity contribution in [1.82, 2.24) is 10.2 Å². The van der Waals surface area contributed by atoms with Gasteiger partial charge in [0, 0.05) is 9.86 Å². The largest absolute Gasteiger partial charge is 0.462 e. The first-order valence-electron chi connectivity index (χ1n) is 4.52. The number of nitrogens with zero attached hydrogens (tertiary/aromatic N) is 1. The number of nitrogens with one attached hydrogen (secondary N) is 1. The average molecular weight is 269 g/mol. The molecule has 0 aliphatic rings. The topological polar surface area (TPSA) is 55.0 Å². The van der Waals surface area contributed by atoms with E-state index in [1.54, 1.807) is 19.2 Å². The average Bonchev–Trinajstić information content (AvgIpc) is 2.64. The number of hydrogen-bond donors (Lipinski definition) is 1. The zero-order valence-electron chi connectivity index (χ0n) is 8.08. The fourth-order valence-corrected chi connectivity index (χ4v) is 1.85. The number of carbonyl (C=O) groups is 1. The highest BCUT2D eigenvalue weighted by atomic mass is 79.9. The molecule has 0 amide bonds. The number of H-pyrrole nitrogens is 1. The summed E-state index contributed by atoms with van der Waals surface area (Å²) in [6.07, 6.45) is 1.62. The fourth-order valence-electron chi connectivity index (χ4n) is 1.39. The Labute approximate surface area is 94.7 Å². The van der Waals surface area contributed by atoms with E-state index in [0.717, 1.165) is 15.4 Å². The molecule has 4 nitrogen and oxygen atoms in total. The zero-order chi connectivity index (χ0) is 10.8. The Hall–Kier alpha value is -1.36. The maximum atomic E-state index is 11.6. The lowest BCUT2D eigenvalue weighted by Crippen LogP contribution is -2.04. The molecule has 15 heavy (non-hydrogen) atoms. The number of carbonyl (C=O) groups excluding carboxylic acids is 1. The Morgan fingerprint density at radius 2 is 2.40 bits per heavy atom. The van der Waals surface area contributed by atoms with E-state index in [9.17, 15) is 4.79 Å².